The van der Waals surface area contributed by atoms with Gasteiger partial charge in [-0.1, -0.05) is 36.3 Å². The van der Waals surface area contributed by atoms with Crippen LogP contribution in [0.4, 0.5) is 0 Å². The third-order valence-corrected chi connectivity index (χ3v) is 2.92. The zero-order chi connectivity index (χ0) is 13.0. The fraction of sp³-hybridized carbons (Fsp3) is 0.0833. The lowest BCUT2D eigenvalue weighted by Gasteiger charge is -2.04. The van der Waals surface area contributed by atoms with Crippen molar-refractivity contribution < 1.29 is 0 Å². The van der Waals surface area contributed by atoms with Crippen molar-refractivity contribution in [3.05, 3.63) is 40.7 Å². The van der Waals surface area contributed by atoms with Crippen molar-refractivity contribution in [3.8, 4) is 22.4 Å². The topological polar surface area (TPSA) is 73.8 Å². The van der Waals surface area contributed by atoms with Gasteiger partial charge in [0, 0.05) is 17.3 Å². The van der Waals surface area contributed by atoms with E-state index >= 15 is 0 Å². The van der Waals surface area contributed by atoms with E-state index in [0.29, 0.717) is 5.56 Å². The Bertz CT molecular complexity index is 670. The highest BCUT2D eigenvalue weighted by molar-refractivity contribution is 8.03. The summed E-state index contributed by atoms with van der Waals surface area (Å²) in [6.45, 7) is 1.69. The number of rotatable bonds is 2. The van der Waals surface area contributed by atoms with Gasteiger partial charge in [-0.05, 0) is 12.2 Å². The average molecular weight is 258 g/mol. The maximum Gasteiger partial charge on any atom is 0.299 e. The Morgan fingerprint density at radius 3 is 2.67 bits per heavy atom. The molecule has 2 N–H and O–H groups in total. The largest absolute Gasteiger partial charge is 0.334 e. The number of hydrogen-bond acceptors (Lipinski definition) is 5. The molecule has 5 nitrogen and oxygen atoms in total. The number of nitrogens with zero attached hydrogens (tertiary/aromatic N) is 3. The van der Waals surface area contributed by atoms with Crippen LogP contribution in [0.3, 0.4) is 0 Å². The van der Waals surface area contributed by atoms with Crippen LogP contribution in [0.25, 0.3) is 11.3 Å². The Hall–Kier alpha value is -2.26. The summed E-state index contributed by atoms with van der Waals surface area (Å²) in [6.07, 6.45) is 0. The number of aromatic nitrogens is 3. The molecule has 18 heavy (non-hydrogen) atoms. The van der Waals surface area contributed by atoms with Crippen molar-refractivity contribution in [2.24, 2.45) is 0 Å². The van der Waals surface area contributed by atoms with Gasteiger partial charge in [0.2, 0.25) is 5.16 Å². The monoisotopic (exact) mass is 258 g/mol. The Labute approximate surface area is 108 Å². The van der Waals surface area contributed by atoms with Crippen LogP contribution in [0.1, 0.15) is 6.92 Å². The molecule has 0 aliphatic heterocycles. The predicted molar refractivity (Wildman–Crippen MR) is 71.2 cm³/mol. The molecule has 0 amide bonds. The molecule has 2 aromatic rings. The molecule has 1 aromatic heterocycles. The minimum absolute atomic E-state index is 0.229. The van der Waals surface area contributed by atoms with Crippen LogP contribution >= 0.6 is 11.8 Å². The smallest absolute Gasteiger partial charge is 0.299 e. The molecule has 6 heteroatoms. The SMILES string of the molecule is CC#CSc1nnc(-c2ccccc2)c(=O)n1N. The summed E-state index contributed by atoms with van der Waals surface area (Å²) in [5.74, 6) is 8.36. The highest BCUT2D eigenvalue weighted by Crippen LogP contribution is 2.13. The van der Waals surface area contributed by atoms with Gasteiger partial charge in [-0.15, -0.1) is 10.2 Å². The fourth-order valence-corrected chi connectivity index (χ4v) is 1.78. The number of thioether (sulfide) groups is 1. The summed E-state index contributed by atoms with van der Waals surface area (Å²) >= 11 is 1.07. The second-order valence-corrected chi connectivity index (χ2v) is 4.10. The van der Waals surface area contributed by atoms with Crippen molar-refractivity contribution in [2.75, 3.05) is 5.84 Å². The van der Waals surface area contributed by atoms with Gasteiger partial charge in [-0.25, -0.2) is 0 Å². The maximum absolute atomic E-state index is 12.0. The van der Waals surface area contributed by atoms with Crippen LogP contribution in [0.5, 0.6) is 0 Å². The van der Waals surface area contributed by atoms with Gasteiger partial charge in [0.1, 0.15) is 0 Å². The molecule has 0 aliphatic carbocycles. The first-order valence-corrected chi connectivity index (χ1v) is 5.94. The molecule has 1 aromatic carbocycles. The van der Waals surface area contributed by atoms with E-state index in [2.05, 4.69) is 21.4 Å². The van der Waals surface area contributed by atoms with Crippen LogP contribution in [0, 0.1) is 11.2 Å². The molecule has 0 bridgehead atoms. The average Bonchev–Trinajstić information content (AvgIpc) is 2.41. The molecule has 0 saturated heterocycles. The quantitative estimate of drug-likeness (QED) is 0.496. The van der Waals surface area contributed by atoms with Crippen molar-refractivity contribution in [3.63, 3.8) is 0 Å². The predicted octanol–water partition coefficient (Wildman–Crippen LogP) is 1.09. The molecule has 0 unspecified atom stereocenters. The molecule has 0 atom stereocenters. The van der Waals surface area contributed by atoms with Gasteiger partial charge in [-0.3, -0.25) is 4.79 Å². The molecule has 0 saturated carbocycles. The van der Waals surface area contributed by atoms with Gasteiger partial charge in [0.15, 0.2) is 5.69 Å². The first-order chi connectivity index (χ1) is 8.74. The number of hydrogen-bond donors (Lipinski definition) is 1. The van der Waals surface area contributed by atoms with Gasteiger partial charge in [0.05, 0.1) is 0 Å². The van der Waals surface area contributed by atoms with E-state index in [0.717, 1.165) is 16.4 Å². The molecule has 1 heterocycles. The van der Waals surface area contributed by atoms with E-state index in [1.54, 1.807) is 19.1 Å². The summed E-state index contributed by atoms with van der Waals surface area (Å²) in [5, 5.41) is 10.8. The fourth-order valence-electron chi connectivity index (χ4n) is 1.33. The molecule has 90 valence electrons. The van der Waals surface area contributed by atoms with E-state index in [4.69, 9.17) is 5.84 Å². The minimum Gasteiger partial charge on any atom is -0.334 e. The van der Waals surface area contributed by atoms with Crippen molar-refractivity contribution in [1.82, 2.24) is 14.9 Å². The lowest BCUT2D eigenvalue weighted by atomic mass is 10.2. The molecular formula is C12H10N4OS. The first kappa shape index (κ1) is 12.2. The molecule has 0 radical (unpaired) electrons. The van der Waals surface area contributed by atoms with E-state index in [-0.39, 0.29) is 10.9 Å². The summed E-state index contributed by atoms with van der Waals surface area (Å²) in [7, 11) is 0. The summed E-state index contributed by atoms with van der Waals surface area (Å²) in [6, 6.07) is 9.07. The third-order valence-electron chi connectivity index (χ3n) is 2.15. The third kappa shape index (κ3) is 2.36. The van der Waals surface area contributed by atoms with Gasteiger partial charge in [0.25, 0.3) is 5.56 Å². The van der Waals surface area contributed by atoms with Crippen LogP contribution < -0.4 is 11.4 Å². The number of nitrogen functional groups attached to an aromatic ring is 1. The van der Waals surface area contributed by atoms with E-state index in [9.17, 15) is 4.79 Å². The lowest BCUT2D eigenvalue weighted by Crippen LogP contribution is -2.31. The minimum atomic E-state index is -0.392. The molecular weight excluding hydrogens is 248 g/mol. The Kier molecular flexibility index (Phi) is 3.65. The van der Waals surface area contributed by atoms with E-state index in [1.807, 2.05) is 18.2 Å². The normalized spacial score (nSPS) is 9.61. The Balaban J connectivity index is 2.50. The van der Waals surface area contributed by atoms with Crippen molar-refractivity contribution in [2.45, 2.75) is 12.1 Å². The first-order valence-electron chi connectivity index (χ1n) is 5.13. The molecule has 0 spiro atoms. The Morgan fingerprint density at radius 2 is 2.00 bits per heavy atom. The van der Waals surface area contributed by atoms with E-state index < -0.39 is 5.56 Å². The maximum atomic E-state index is 12.0. The standard InChI is InChI=1S/C12H10N4OS/c1-2-8-18-12-15-14-10(11(17)16(12)13)9-6-4-3-5-7-9/h3-7H,13H2,1H3. The summed E-state index contributed by atoms with van der Waals surface area (Å²) in [5.41, 5.74) is 0.524. The van der Waals surface area contributed by atoms with Gasteiger partial charge >= 0.3 is 0 Å². The zero-order valence-corrected chi connectivity index (χ0v) is 10.4. The van der Waals surface area contributed by atoms with Gasteiger partial charge in [-0.2, -0.15) is 4.68 Å². The second kappa shape index (κ2) is 5.38. The highest BCUT2D eigenvalue weighted by Gasteiger charge is 2.11. The number of nitrogens with two attached hydrogens (primary N) is 1. The van der Waals surface area contributed by atoms with Crippen LogP contribution in [-0.4, -0.2) is 14.9 Å². The lowest BCUT2D eigenvalue weighted by molar-refractivity contribution is 0.706. The van der Waals surface area contributed by atoms with Crippen LogP contribution in [-0.2, 0) is 0 Å². The van der Waals surface area contributed by atoms with E-state index in [1.165, 1.54) is 0 Å². The Morgan fingerprint density at radius 1 is 1.28 bits per heavy atom. The van der Waals surface area contributed by atoms with Crippen molar-refractivity contribution in [1.29, 1.82) is 0 Å². The highest BCUT2D eigenvalue weighted by atomic mass is 32.2. The van der Waals surface area contributed by atoms with Crippen molar-refractivity contribution >= 4 is 11.8 Å². The zero-order valence-electron chi connectivity index (χ0n) is 9.62. The second-order valence-electron chi connectivity index (χ2n) is 3.33. The molecule has 2 rings (SSSR count). The summed E-state index contributed by atoms with van der Waals surface area (Å²) in [4.78, 5) is 12.0. The molecule has 0 aliphatic rings. The van der Waals surface area contributed by atoms with Crippen LogP contribution in [0.15, 0.2) is 40.3 Å². The van der Waals surface area contributed by atoms with Crippen LogP contribution in [0.2, 0.25) is 0 Å². The number of benzene rings is 1. The molecule has 0 fully saturated rings. The summed E-state index contributed by atoms with van der Waals surface area (Å²) < 4.78 is 0.963. The van der Waals surface area contributed by atoms with Gasteiger partial charge < -0.3 is 5.84 Å².